The highest BCUT2D eigenvalue weighted by Crippen LogP contribution is 2.38. The zero-order valence-electron chi connectivity index (χ0n) is 10.8. The molecule has 5 nitrogen and oxygen atoms in total. The molecule has 0 saturated carbocycles. The van der Waals surface area contributed by atoms with E-state index < -0.39 is 12.2 Å². The van der Waals surface area contributed by atoms with E-state index in [-0.39, 0.29) is 17.6 Å². The van der Waals surface area contributed by atoms with Gasteiger partial charge in [-0.15, -0.1) is 6.58 Å². The Kier molecular flexibility index (Phi) is 3.84. The molecule has 0 radical (unpaired) electrons. The van der Waals surface area contributed by atoms with Crippen LogP contribution in [0.5, 0.6) is 0 Å². The number of aliphatic imine (C=N–C) groups is 1. The summed E-state index contributed by atoms with van der Waals surface area (Å²) in [4.78, 5) is 6.81. The molecule has 3 rings (SSSR count). The van der Waals surface area contributed by atoms with E-state index in [0.717, 1.165) is 18.3 Å². The number of hydrogen-bond donors (Lipinski definition) is 2. The van der Waals surface area contributed by atoms with Crippen LogP contribution in [0, 0.1) is 0 Å². The molecule has 0 aliphatic carbocycles. The lowest BCUT2D eigenvalue weighted by Gasteiger charge is -2.37. The average molecular weight is 284 g/mol. The zero-order valence-corrected chi connectivity index (χ0v) is 11.6. The first-order valence-electron chi connectivity index (χ1n) is 6.82. The Hall–Kier alpha value is -0.560. The predicted molar refractivity (Wildman–Crippen MR) is 75.1 cm³/mol. The normalized spacial score (nSPS) is 42.1. The van der Waals surface area contributed by atoms with E-state index in [9.17, 15) is 10.2 Å². The number of hydrogen-bond acceptors (Lipinski definition) is 6. The average Bonchev–Trinajstić information content (AvgIpc) is 3.04. The first-order valence-corrected chi connectivity index (χ1v) is 7.70. The van der Waals surface area contributed by atoms with Gasteiger partial charge < -0.3 is 19.8 Å². The molecule has 19 heavy (non-hydrogen) atoms. The van der Waals surface area contributed by atoms with Crippen LogP contribution >= 0.6 is 11.8 Å². The third-order valence-corrected chi connectivity index (χ3v) is 5.12. The van der Waals surface area contributed by atoms with Gasteiger partial charge in [0.15, 0.2) is 5.17 Å². The first kappa shape index (κ1) is 13.4. The molecule has 3 aliphatic heterocycles. The van der Waals surface area contributed by atoms with Crippen LogP contribution < -0.4 is 0 Å². The minimum Gasteiger partial charge on any atom is -0.388 e. The molecule has 2 saturated heterocycles. The van der Waals surface area contributed by atoms with E-state index in [1.807, 2.05) is 0 Å². The number of rotatable bonds is 2. The van der Waals surface area contributed by atoms with Crippen LogP contribution in [-0.4, -0.2) is 63.2 Å². The van der Waals surface area contributed by atoms with Gasteiger partial charge in [0.2, 0.25) is 0 Å². The molecule has 3 heterocycles. The van der Waals surface area contributed by atoms with Crippen LogP contribution in [-0.2, 0) is 4.74 Å². The molecule has 106 valence electrons. The van der Waals surface area contributed by atoms with Gasteiger partial charge in [-0.25, -0.2) is 0 Å². The molecule has 5 atom stereocenters. The highest BCUT2D eigenvalue weighted by Gasteiger charge is 2.48. The second-order valence-corrected chi connectivity index (χ2v) is 6.33. The summed E-state index contributed by atoms with van der Waals surface area (Å²) in [7, 11) is 0. The molecule has 0 aromatic rings. The first-order chi connectivity index (χ1) is 9.20. The Labute approximate surface area is 117 Å². The minimum atomic E-state index is -0.887. The second kappa shape index (κ2) is 5.44. The Morgan fingerprint density at radius 2 is 2.11 bits per heavy atom. The lowest BCUT2D eigenvalue weighted by Crippen LogP contribution is -2.54. The summed E-state index contributed by atoms with van der Waals surface area (Å²) in [6.45, 7) is 5.72. The second-order valence-electron chi connectivity index (χ2n) is 5.26. The maximum absolute atomic E-state index is 10.2. The SMILES string of the molecule is C=CC[C@H]1O[C@@H]2SC(N3CCCC3)=N[C@@H]2[C@@H](O)[C@@H]1O. The molecule has 2 N–H and O–H groups in total. The maximum atomic E-state index is 10.2. The van der Waals surface area contributed by atoms with Crippen molar-refractivity contribution in [2.24, 2.45) is 4.99 Å². The third kappa shape index (κ3) is 2.42. The van der Waals surface area contributed by atoms with E-state index in [2.05, 4.69) is 16.5 Å². The van der Waals surface area contributed by atoms with Crippen LogP contribution in [0.15, 0.2) is 17.6 Å². The van der Waals surface area contributed by atoms with Crippen molar-refractivity contribution in [1.82, 2.24) is 4.90 Å². The van der Waals surface area contributed by atoms with Crippen molar-refractivity contribution in [1.29, 1.82) is 0 Å². The number of aliphatic hydroxyl groups excluding tert-OH is 2. The van der Waals surface area contributed by atoms with E-state index in [0.29, 0.717) is 6.42 Å². The number of aliphatic hydroxyl groups is 2. The number of ether oxygens (including phenoxy) is 1. The number of amidine groups is 1. The molecule has 0 spiro atoms. The highest BCUT2D eigenvalue weighted by atomic mass is 32.2. The molecule has 0 unspecified atom stereocenters. The quantitative estimate of drug-likeness (QED) is 0.726. The maximum Gasteiger partial charge on any atom is 0.162 e. The fourth-order valence-electron chi connectivity index (χ4n) is 2.84. The summed E-state index contributed by atoms with van der Waals surface area (Å²) in [5.74, 6) is 0. The molecular weight excluding hydrogens is 264 g/mol. The van der Waals surface area contributed by atoms with Gasteiger partial charge in [-0.1, -0.05) is 17.8 Å². The monoisotopic (exact) mass is 284 g/mol. The van der Waals surface area contributed by atoms with Gasteiger partial charge in [-0.2, -0.15) is 0 Å². The van der Waals surface area contributed by atoms with Crippen LogP contribution in [0.1, 0.15) is 19.3 Å². The van der Waals surface area contributed by atoms with Gasteiger partial charge in [0.1, 0.15) is 23.7 Å². The topological polar surface area (TPSA) is 65.3 Å². The Bertz CT molecular complexity index is 384. The number of thioether (sulfide) groups is 1. The standard InChI is InChI=1S/C13H20N2O3S/c1-2-5-8-10(16)11(17)9-12(18-8)19-13(14-9)15-6-3-4-7-15/h2,8-12,16-17H,1,3-7H2/t8-,9-,10-,11-,12-/m1/s1. The van der Waals surface area contributed by atoms with Crippen LogP contribution in [0.25, 0.3) is 0 Å². The van der Waals surface area contributed by atoms with Crippen LogP contribution in [0.2, 0.25) is 0 Å². The zero-order chi connectivity index (χ0) is 13.4. The van der Waals surface area contributed by atoms with Gasteiger partial charge in [-0.05, 0) is 19.3 Å². The molecule has 0 bridgehead atoms. The van der Waals surface area contributed by atoms with Gasteiger partial charge in [0.05, 0.1) is 6.10 Å². The van der Waals surface area contributed by atoms with Crippen molar-refractivity contribution in [3.63, 3.8) is 0 Å². The molecule has 0 aromatic carbocycles. The molecule has 6 heteroatoms. The van der Waals surface area contributed by atoms with Crippen molar-refractivity contribution in [2.75, 3.05) is 13.1 Å². The molecule has 0 aromatic heterocycles. The van der Waals surface area contributed by atoms with Gasteiger partial charge in [-0.3, -0.25) is 4.99 Å². The molecule has 0 amide bonds. The molecular formula is C13H20N2O3S. The third-order valence-electron chi connectivity index (χ3n) is 3.93. The van der Waals surface area contributed by atoms with Gasteiger partial charge in [0, 0.05) is 13.1 Å². The summed E-state index contributed by atoms with van der Waals surface area (Å²) in [6, 6.07) is -0.350. The Morgan fingerprint density at radius 1 is 1.37 bits per heavy atom. The number of nitrogens with zero attached hydrogens (tertiary/aromatic N) is 2. The fraction of sp³-hybridized carbons (Fsp3) is 0.769. The summed E-state index contributed by atoms with van der Waals surface area (Å²) < 4.78 is 5.86. The lowest BCUT2D eigenvalue weighted by molar-refractivity contribution is -0.150. The van der Waals surface area contributed by atoms with Crippen molar-refractivity contribution >= 4 is 16.9 Å². The van der Waals surface area contributed by atoms with Crippen molar-refractivity contribution in [3.05, 3.63) is 12.7 Å². The van der Waals surface area contributed by atoms with Crippen molar-refractivity contribution < 1.29 is 14.9 Å². The number of fused-ring (bicyclic) bond motifs is 1. The van der Waals surface area contributed by atoms with E-state index in [1.54, 1.807) is 17.8 Å². The lowest BCUT2D eigenvalue weighted by atomic mass is 9.96. The molecule has 3 aliphatic rings. The van der Waals surface area contributed by atoms with E-state index in [4.69, 9.17) is 4.74 Å². The summed E-state index contributed by atoms with van der Waals surface area (Å²) in [5, 5.41) is 21.2. The van der Waals surface area contributed by atoms with E-state index >= 15 is 0 Å². The summed E-state index contributed by atoms with van der Waals surface area (Å²) >= 11 is 1.58. The van der Waals surface area contributed by atoms with Crippen molar-refractivity contribution in [2.45, 2.75) is 49.1 Å². The fourth-order valence-corrected chi connectivity index (χ4v) is 4.12. The van der Waals surface area contributed by atoms with Gasteiger partial charge >= 0.3 is 0 Å². The Morgan fingerprint density at radius 3 is 2.79 bits per heavy atom. The summed E-state index contributed by atoms with van der Waals surface area (Å²) in [5.41, 5.74) is -0.182. The minimum absolute atomic E-state index is 0.182. The van der Waals surface area contributed by atoms with Gasteiger partial charge in [0.25, 0.3) is 0 Å². The number of likely N-dealkylation sites (tertiary alicyclic amines) is 1. The van der Waals surface area contributed by atoms with Crippen LogP contribution in [0.3, 0.4) is 0 Å². The summed E-state index contributed by atoms with van der Waals surface area (Å²) in [6.07, 6.45) is 2.52. The Balaban J connectivity index is 1.72. The smallest absolute Gasteiger partial charge is 0.162 e. The molecule has 2 fully saturated rings. The predicted octanol–water partition coefficient (Wildman–Crippen LogP) is 0.576. The van der Waals surface area contributed by atoms with Crippen LogP contribution in [0.4, 0.5) is 0 Å². The van der Waals surface area contributed by atoms with Crippen molar-refractivity contribution in [3.8, 4) is 0 Å². The largest absolute Gasteiger partial charge is 0.388 e. The van der Waals surface area contributed by atoms with E-state index in [1.165, 1.54) is 12.8 Å². The highest BCUT2D eigenvalue weighted by molar-refractivity contribution is 8.14.